The molecule has 1 N–H and O–H groups in total. The van der Waals surface area contributed by atoms with E-state index in [1.807, 2.05) is 0 Å². The van der Waals surface area contributed by atoms with Gasteiger partial charge in [-0.1, -0.05) is 31.6 Å². The van der Waals surface area contributed by atoms with Gasteiger partial charge in [-0.3, -0.25) is 0 Å². The summed E-state index contributed by atoms with van der Waals surface area (Å²) in [6, 6.07) is 0. The monoisotopic (exact) mass is 154 g/mol. The van der Waals surface area contributed by atoms with E-state index in [2.05, 4.69) is 31.1 Å². The van der Waals surface area contributed by atoms with E-state index in [0.717, 1.165) is 0 Å². The van der Waals surface area contributed by atoms with Crippen LogP contribution in [-0.4, -0.2) is 19.8 Å². The predicted octanol–water partition coefficient (Wildman–Crippen LogP) is 1.42. The van der Waals surface area contributed by atoms with Gasteiger partial charge in [0.1, 0.15) is 8.07 Å². The Morgan fingerprint density at radius 2 is 2.00 bits per heavy atom. The highest BCUT2D eigenvalue weighted by molar-refractivity contribution is 6.83. The summed E-state index contributed by atoms with van der Waals surface area (Å²) < 4.78 is 0. The van der Waals surface area contributed by atoms with E-state index in [-0.39, 0.29) is 6.61 Å². The Balaban J connectivity index is 3.81. The minimum absolute atomic E-state index is 0.0837. The molecule has 0 aromatic rings. The van der Waals surface area contributed by atoms with Crippen LogP contribution in [0.25, 0.3) is 0 Å². The highest BCUT2D eigenvalue weighted by Gasteiger charge is 2.06. The molecule has 0 atom stereocenters. The molecule has 0 saturated carbocycles. The van der Waals surface area contributed by atoms with E-state index in [1.54, 1.807) is 12.2 Å². The zero-order chi connectivity index (χ0) is 8.04. The van der Waals surface area contributed by atoms with E-state index < -0.39 is 8.07 Å². The van der Waals surface area contributed by atoms with Crippen molar-refractivity contribution < 1.29 is 5.11 Å². The average Bonchev–Trinajstić information content (AvgIpc) is 1.78. The minimum atomic E-state index is -1.20. The molecule has 0 heterocycles. The van der Waals surface area contributed by atoms with Gasteiger partial charge in [-0.2, -0.15) is 0 Å². The molecule has 0 amide bonds. The van der Waals surface area contributed by atoms with Crippen molar-refractivity contribution in [2.24, 2.45) is 0 Å². The Morgan fingerprint density at radius 1 is 1.40 bits per heavy atom. The van der Waals surface area contributed by atoms with Crippen molar-refractivity contribution in [3.63, 3.8) is 0 Å². The zero-order valence-corrected chi connectivity index (χ0v) is 7.81. The van der Waals surface area contributed by atoms with Crippen LogP contribution in [0.4, 0.5) is 0 Å². The van der Waals surface area contributed by atoms with Gasteiger partial charge in [0.15, 0.2) is 0 Å². The Kier molecular flexibility index (Phi) is 4.09. The summed E-state index contributed by atoms with van der Waals surface area (Å²) in [6.45, 7) is 6.65. The van der Waals surface area contributed by atoms with Crippen LogP contribution < -0.4 is 0 Å². The van der Waals surface area contributed by atoms with Crippen molar-refractivity contribution >= 4 is 8.07 Å². The summed E-state index contributed by atoms with van der Waals surface area (Å²) in [5, 5.41) is 8.35. The molecule has 0 aliphatic heterocycles. The molecule has 0 bridgehead atoms. The van der Waals surface area contributed by atoms with Crippen molar-refractivity contribution in [3.8, 4) is 11.5 Å². The number of aliphatic hydroxyl groups excluding tert-OH is 1. The second-order valence-corrected chi connectivity index (χ2v) is 7.85. The number of hydrogen-bond donors (Lipinski definition) is 1. The largest absolute Gasteiger partial charge is 0.392 e. The first kappa shape index (κ1) is 9.48. The number of rotatable bonds is 1. The summed E-state index contributed by atoms with van der Waals surface area (Å²) in [7, 11) is -1.20. The molecule has 10 heavy (non-hydrogen) atoms. The van der Waals surface area contributed by atoms with E-state index in [1.165, 1.54) is 0 Å². The van der Waals surface area contributed by atoms with Crippen LogP contribution in [0.2, 0.25) is 19.6 Å². The first-order valence-electron chi connectivity index (χ1n) is 3.35. The van der Waals surface area contributed by atoms with Crippen molar-refractivity contribution in [1.29, 1.82) is 0 Å². The normalized spacial score (nSPS) is 11.2. The van der Waals surface area contributed by atoms with Crippen LogP contribution in [0.1, 0.15) is 0 Å². The minimum Gasteiger partial charge on any atom is -0.392 e. The first-order valence-corrected chi connectivity index (χ1v) is 6.85. The number of hydrogen-bond acceptors (Lipinski definition) is 1. The lowest BCUT2D eigenvalue weighted by Crippen LogP contribution is -2.16. The van der Waals surface area contributed by atoms with Crippen LogP contribution in [-0.2, 0) is 0 Å². The topological polar surface area (TPSA) is 20.2 Å². The van der Waals surface area contributed by atoms with Gasteiger partial charge in [-0.25, -0.2) is 0 Å². The highest BCUT2D eigenvalue weighted by atomic mass is 28.3. The molecule has 0 spiro atoms. The standard InChI is InChI=1S/C8H14OSi/c1-10(2,3)8-6-4-5-7-9/h4-5,9H,7H2,1-3H3/b5-4+. The van der Waals surface area contributed by atoms with E-state index in [0.29, 0.717) is 0 Å². The second kappa shape index (κ2) is 4.32. The fourth-order valence-electron chi connectivity index (χ4n) is 0.370. The predicted molar refractivity (Wildman–Crippen MR) is 47.3 cm³/mol. The Labute approximate surface area is 63.8 Å². The Morgan fingerprint density at radius 3 is 2.40 bits per heavy atom. The number of allylic oxidation sites excluding steroid dienone is 1. The maximum absolute atomic E-state index is 8.35. The maximum Gasteiger partial charge on any atom is 0.129 e. The first-order chi connectivity index (χ1) is 4.56. The molecule has 0 aliphatic rings. The van der Waals surface area contributed by atoms with Crippen LogP contribution in [0.5, 0.6) is 0 Å². The molecule has 0 unspecified atom stereocenters. The third-order valence-electron chi connectivity index (χ3n) is 0.754. The van der Waals surface area contributed by atoms with Gasteiger partial charge in [0, 0.05) is 0 Å². The molecule has 0 rings (SSSR count). The SMILES string of the molecule is C[Si](C)(C)C#C/C=C/CO. The smallest absolute Gasteiger partial charge is 0.129 e. The van der Waals surface area contributed by atoms with E-state index >= 15 is 0 Å². The summed E-state index contributed by atoms with van der Waals surface area (Å²) in [5.41, 5.74) is 3.15. The molecule has 56 valence electrons. The summed E-state index contributed by atoms with van der Waals surface area (Å²) in [4.78, 5) is 0. The zero-order valence-electron chi connectivity index (χ0n) is 6.81. The van der Waals surface area contributed by atoms with Gasteiger partial charge in [0.25, 0.3) is 0 Å². The molecule has 0 saturated heterocycles. The molecule has 0 aromatic carbocycles. The van der Waals surface area contributed by atoms with Gasteiger partial charge in [0.05, 0.1) is 6.61 Å². The summed E-state index contributed by atoms with van der Waals surface area (Å²) >= 11 is 0. The van der Waals surface area contributed by atoms with Crippen molar-refractivity contribution in [2.45, 2.75) is 19.6 Å². The van der Waals surface area contributed by atoms with Gasteiger partial charge < -0.3 is 5.11 Å². The average molecular weight is 154 g/mol. The van der Waals surface area contributed by atoms with Crippen LogP contribution in [0.3, 0.4) is 0 Å². The van der Waals surface area contributed by atoms with E-state index in [9.17, 15) is 0 Å². The fourth-order valence-corrected chi connectivity index (χ4v) is 0.886. The molecular formula is C8H14OSi. The van der Waals surface area contributed by atoms with Gasteiger partial charge >= 0.3 is 0 Å². The molecule has 0 aromatic heterocycles. The second-order valence-electron chi connectivity index (χ2n) is 3.10. The highest BCUT2D eigenvalue weighted by Crippen LogP contribution is 1.95. The Hall–Kier alpha value is -0.523. The van der Waals surface area contributed by atoms with E-state index in [4.69, 9.17) is 5.11 Å². The van der Waals surface area contributed by atoms with Gasteiger partial charge in [-0.15, -0.1) is 5.54 Å². The number of aliphatic hydroxyl groups is 1. The lowest BCUT2D eigenvalue weighted by atomic mass is 10.5. The quantitative estimate of drug-likeness (QED) is 0.447. The van der Waals surface area contributed by atoms with Gasteiger partial charge in [-0.05, 0) is 6.08 Å². The van der Waals surface area contributed by atoms with Crippen molar-refractivity contribution in [3.05, 3.63) is 12.2 Å². The van der Waals surface area contributed by atoms with Crippen molar-refractivity contribution in [1.82, 2.24) is 0 Å². The summed E-state index contributed by atoms with van der Waals surface area (Å²) in [5.74, 6) is 2.90. The van der Waals surface area contributed by atoms with Crippen LogP contribution in [0.15, 0.2) is 12.2 Å². The molecule has 0 radical (unpaired) electrons. The third kappa shape index (κ3) is 7.48. The third-order valence-corrected chi connectivity index (χ3v) is 1.65. The van der Waals surface area contributed by atoms with Gasteiger partial charge in [0.2, 0.25) is 0 Å². The molecule has 0 fully saturated rings. The van der Waals surface area contributed by atoms with Crippen LogP contribution in [0, 0.1) is 11.5 Å². The lowest BCUT2D eigenvalue weighted by Gasteiger charge is -2.01. The summed E-state index contributed by atoms with van der Waals surface area (Å²) in [6.07, 6.45) is 3.35. The molecular weight excluding hydrogens is 140 g/mol. The fraction of sp³-hybridized carbons (Fsp3) is 0.500. The molecule has 1 nitrogen and oxygen atoms in total. The molecule has 0 aliphatic carbocycles. The van der Waals surface area contributed by atoms with Crippen LogP contribution >= 0.6 is 0 Å². The van der Waals surface area contributed by atoms with Crippen molar-refractivity contribution in [2.75, 3.05) is 6.61 Å². The lowest BCUT2D eigenvalue weighted by molar-refractivity contribution is 0.343. The molecule has 2 heteroatoms. The maximum atomic E-state index is 8.35. The Bertz CT molecular complexity index is 166.